The number of rotatable bonds is 4. The molecule has 8 nitrogen and oxygen atoms in total. The number of hydrogen-bond donors (Lipinski definition) is 2. The molecule has 0 atom stereocenters. The second kappa shape index (κ2) is 5.65. The summed E-state index contributed by atoms with van der Waals surface area (Å²) in [6.45, 7) is 0. The number of hydrazone groups is 1. The minimum Gasteiger partial charge on any atom is -0.400 e. The van der Waals surface area contributed by atoms with Gasteiger partial charge in [-0.25, -0.2) is 5.43 Å². The molecule has 1 aromatic carbocycles. The van der Waals surface area contributed by atoms with E-state index in [0.29, 0.717) is 5.69 Å². The number of nitrogens with one attached hydrogen (secondary N) is 1. The molecule has 2 aromatic rings. The average Bonchev–Trinajstić information content (AvgIpc) is 2.88. The molecule has 0 bridgehead atoms. The predicted molar refractivity (Wildman–Crippen MR) is 71.3 cm³/mol. The first-order chi connectivity index (χ1) is 9.58. The Hall–Kier alpha value is -3.16. The Morgan fingerprint density at radius 3 is 2.75 bits per heavy atom. The number of nitrogen functional groups attached to an aromatic ring is 1. The van der Waals surface area contributed by atoms with Gasteiger partial charge in [-0.15, -0.1) is 0 Å². The van der Waals surface area contributed by atoms with Gasteiger partial charge in [-0.1, -0.05) is 12.1 Å². The van der Waals surface area contributed by atoms with E-state index < -0.39 is 16.7 Å². The lowest BCUT2D eigenvalue weighted by molar-refractivity contribution is -0.402. The topological polar surface area (TPSA) is 124 Å². The van der Waals surface area contributed by atoms with Crippen molar-refractivity contribution in [2.24, 2.45) is 5.10 Å². The number of hydrogen-bond acceptors (Lipinski definition) is 6. The molecule has 0 spiro atoms. The van der Waals surface area contributed by atoms with Gasteiger partial charge in [-0.3, -0.25) is 14.9 Å². The average molecular weight is 274 g/mol. The molecule has 20 heavy (non-hydrogen) atoms. The summed E-state index contributed by atoms with van der Waals surface area (Å²) >= 11 is 0. The van der Waals surface area contributed by atoms with Crippen LogP contribution >= 0.6 is 0 Å². The number of amides is 1. The molecule has 0 aliphatic rings. The second-order valence-electron chi connectivity index (χ2n) is 3.72. The maximum absolute atomic E-state index is 11.7. The Labute approximate surface area is 113 Å². The van der Waals surface area contributed by atoms with Gasteiger partial charge >= 0.3 is 5.88 Å². The van der Waals surface area contributed by atoms with Crippen LogP contribution in [-0.2, 0) is 0 Å². The zero-order chi connectivity index (χ0) is 14.5. The summed E-state index contributed by atoms with van der Waals surface area (Å²) in [7, 11) is 0. The Bertz CT molecular complexity index is 678. The molecule has 0 aliphatic carbocycles. The Kier molecular flexibility index (Phi) is 3.75. The van der Waals surface area contributed by atoms with Gasteiger partial charge in [0.1, 0.15) is 4.92 Å². The summed E-state index contributed by atoms with van der Waals surface area (Å²) in [5.41, 5.74) is 8.50. The van der Waals surface area contributed by atoms with Crippen molar-refractivity contribution in [3.05, 3.63) is 57.8 Å². The largest absolute Gasteiger partial charge is 0.433 e. The molecule has 1 aromatic heterocycles. The monoisotopic (exact) mass is 274 g/mol. The summed E-state index contributed by atoms with van der Waals surface area (Å²) in [5, 5.41) is 14.0. The highest BCUT2D eigenvalue weighted by atomic mass is 16.6. The normalized spacial score (nSPS) is 10.6. The summed E-state index contributed by atoms with van der Waals surface area (Å²) in [6, 6.07) is 9.08. The van der Waals surface area contributed by atoms with E-state index in [4.69, 9.17) is 10.2 Å². The molecule has 0 unspecified atom stereocenters. The number of carbonyl (C=O) groups excluding carboxylic acids is 1. The lowest BCUT2D eigenvalue weighted by Gasteiger charge is -2.02. The molecule has 102 valence electrons. The van der Waals surface area contributed by atoms with E-state index >= 15 is 0 Å². The van der Waals surface area contributed by atoms with Crippen LogP contribution in [0.4, 0.5) is 11.6 Å². The van der Waals surface area contributed by atoms with Crippen molar-refractivity contribution in [2.45, 2.75) is 0 Å². The van der Waals surface area contributed by atoms with E-state index in [2.05, 4.69) is 10.5 Å². The number of benzene rings is 1. The first-order valence-electron chi connectivity index (χ1n) is 5.50. The molecule has 0 saturated heterocycles. The highest BCUT2D eigenvalue weighted by Gasteiger charge is 2.11. The molecule has 1 amide bonds. The second-order valence-corrected chi connectivity index (χ2v) is 3.72. The van der Waals surface area contributed by atoms with Crippen LogP contribution in [0, 0.1) is 10.1 Å². The molecule has 2 rings (SSSR count). The molecular formula is C12H10N4O4. The molecule has 3 N–H and O–H groups in total. The standard InChI is InChI=1S/C12H10N4O4/c13-10-4-2-1-3-9(10)12(17)15-14-7-8-5-6-11(20-8)16(18)19/h1-7H,13H2,(H,15,17)/b14-7-. The third-order valence-corrected chi connectivity index (χ3v) is 2.36. The number of para-hydroxylation sites is 1. The zero-order valence-electron chi connectivity index (χ0n) is 10.1. The van der Waals surface area contributed by atoms with Gasteiger partial charge in [-0.05, 0) is 18.2 Å². The highest BCUT2D eigenvalue weighted by molar-refractivity contribution is 5.99. The molecule has 0 aliphatic heterocycles. The van der Waals surface area contributed by atoms with Crippen molar-refractivity contribution in [1.82, 2.24) is 5.43 Å². The number of furan rings is 1. The Balaban J connectivity index is 2.01. The number of anilines is 1. The summed E-state index contributed by atoms with van der Waals surface area (Å²) in [6.07, 6.45) is 1.16. The molecular weight excluding hydrogens is 264 g/mol. The van der Waals surface area contributed by atoms with Crippen molar-refractivity contribution in [2.75, 3.05) is 5.73 Å². The molecule has 8 heteroatoms. The van der Waals surface area contributed by atoms with Crippen molar-refractivity contribution in [1.29, 1.82) is 0 Å². The maximum atomic E-state index is 11.7. The Morgan fingerprint density at radius 1 is 1.35 bits per heavy atom. The van der Waals surface area contributed by atoms with E-state index in [9.17, 15) is 14.9 Å². The van der Waals surface area contributed by atoms with Crippen LogP contribution in [0.15, 0.2) is 45.9 Å². The van der Waals surface area contributed by atoms with Gasteiger partial charge in [0.15, 0.2) is 5.76 Å². The van der Waals surface area contributed by atoms with Crippen LogP contribution in [0.5, 0.6) is 0 Å². The predicted octanol–water partition coefficient (Wildman–Crippen LogP) is 1.53. The minimum atomic E-state index is -0.666. The van der Waals surface area contributed by atoms with Crippen molar-refractivity contribution < 1.29 is 14.1 Å². The van der Waals surface area contributed by atoms with Crippen molar-refractivity contribution in [3.8, 4) is 0 Å². The van der Waals surface area contributed by atoms with Crippen LogP contribution < -0.4 is 11.2 Å². The first kappa shape index (κ1) is 13.3. The van der Waals surface area contributed by atoms with Gasteiger partial charge in [0.25, 0.3) is 5.91 Å². The van der Waals surface area contributed by atoms with Gasteiger partial charge in [0.2, 0.25) is 0 Å². The smallest absolute Gasteiger partial charge is 0.400 e. The Morgan fingerprint density at radius 2 is 2.10 bits per heavy atom. The maximum Gasteiger partial charge on any atom is 0.433 e. The van der Waals surface area contributed by atoms with Crippen LogP contribution in [-0.4, -0.2) is 17.0 Å². The van der Waals surface area contributed by atoms with E-state index in [-0.39, 0.29) is 11.3 Å². The van der Waals surface area contributed by atoms with Crippen LogP contribution in [0.1, 0.15) is 16.1 Å². The van der Waals surface area contributed by atoms with Gasteiger partial charge in [-0.2, -0.15) is 5.10 Å². The van der Waals surface area contributed by atoms with E-state index in [0.717, 1.165) is 6.21 Å². The lowest BCUT2D eigenvalue weighted by Crippen LogP contribution is -2.18. The third-order valence-electron chi connectivity index (χ3n) is 2.36. The fourth-order valence-electron chi connectivity index (χ4n) is 1.43. The van der Waals surface area contributed by atoms with E-state index in [1.165, 1.54) is 12.1 Å². The molecule has 1 heterocycles. The van der Waals surface area contributed by atoms with Gasteiger partial charge in [0, 0.05) is 5.69 Å². The molecule has 0 fully saturated rings. The number of nitrogens with two attached hydrogens (primary N) is 1. The van der Waals surface area contributed by atoms with Crippen LogP contribution in [0.25, 0.3) is 0 Å². The summed E-state index contributed by atoms with van der Waals surface area (Å²) in [4.78, 5) is 21.5. The van der Waals surface area contributed by atoms with Crippen LogP contribution in [0.2, 0.25) is 0 Å². The highest BCUT2D eigenvalue weighted by Crippen LogP contribution is 2.14. The first-order valence-corrected chi connectivity index (χ1v) is 5.50. The van der Waals surface area contributed by atoms with Gasteiger partial charge in [0.05, 0.1) is 17.8 Å². The van der Waals surface area contributed by atoms with Crippen LogP contribution in [0.3, 0.4) is 0 Å². The molecule has 0 saturated carbocycles. The number of nitro groups is 1. The molecule has 0 radical (unpaired) electrons. The minimum absolute atomic E-state index is 0.151. The van der Waals surface area contributed by atoms with Gasteiger partial charge < -0.3 is 10.2 Å². The summed E-state index contributed by atoms with van der Waals surface area (Å²) < 4.78 is 4.83. The fourth-order valence-corrected chi connectivity index (χ4v) is 1.43. The fraction of sp³-hybridized carbons (Fsp3) is 0. The quantitative estimate of drug-likeness (QED) is 0.378. The van der Waals surface area contributed by atoms with Crippen molar-refractivity contribution in [3.63, 3.8) is 0 Å². The van der Waals surface area contributed by atoms with E-state index in [1.54, 1.807) is 24.3 Å². The summed E-state index contributed by atoms with van der Waals surface area (Å²) in [5.74, 6) is -0.733. The number of nitrogens with zero attached hydrogens (tertiary/aromatic N) is 2. The third kappa shape index (κ3) is 2.99. The van der Waals surface area contributed by atoms with E-state index in [1.807, 2.05) is 0 Å². The zero-order valence-corrected chi connectivity index (χ0v) is 10.1. The van der Waals surface area contributed by atoms with Crippen molar-refractivity contribution >= 4 is 23.7 Å². The lowest BCUT2D eigenvalue weighted by atomic mass is 10.2. The SMILES string of the molecule is Nc1ccccc1C(=O)N/N=C\c1ccc([N+](=O)[O-])o1. The number of carbonyl (C=O) groups is 1.